The van der Waals surface area contributed by atoms with Crippen molar-refractivity contribution in [2.45, 2.75) is 39.3 Å². The van der Waals surface area contributed by atoms with Crippen LogP contribution in [0.4, 0.5) is 5.95 Å². The molecular formula is C14H20N4O. The minimum Gasteiger partial charge on any atom is -0.350 e. The lowest BCUT2D eigenvalue weighted by Crippen LogP contribution is -2.47. The van der Waals surface area contributed by atoms with E-state index in [1.54, 1.807) is 0 Å². The maximum atomic E-state index is 12.0. The first-order valence-electron chi connectivity index (χ1n) is 6.38. The number of nitrogens with zero attached hydrogens (tertiary/aromatic N) is 1. The predicted octanol–water partition coefficient (Wildman–Crippen LogP) is 2.28. The highest BCUT2D eigenvalue weighted by molar-refractivity contribution is 5.85. The Bertz CT molecular complexity index is 549. The van der Waals surface area contributed by atoms with Gasteiger partial charge in [-0.3, -0.25) is 4.79 Å². The van der Waals surface area contributed by atoms with Crippen molar-refractivity contribution in [3.8, 4) is 0 Å². The molecule has 1 unspecified atom stereocenters. The highest BCUT2D eigenvalue weighted by atomic mass is 16.2. The largest absolute Gasteiger partial charge is 0.350 e. The molecule has 0 aliphatic carbocycles. The zero-order chi connectivity index (χ0) is 14.0. The standard InChI is InChI=1S/C14H20N4O/c1-9(12(19)18-14(2,3)4)15-13-16-10-7-5-6-8-11(10)17-13/h5-9H,1-4H3,(H,18,19)(H2,15,16,17). The molecular weight excluding hydrogens is 240 g/mol. The molecule has 1 amide bonds. The molecule has 0 saturated heterocycles. The summed E-state index contributed by atoms with van der Waals surface area (Å²) in [6.07, 6.45) is 0. The number of aromatic amines is 1. The molecule has 2 rings (SSSR count). The summed E-state index contributed by atoms with van der Waals surface area (Å²) in [6.45, 7) is 7.69. The van der Waals surface area contributed by atoms with Gasteiger partial charge in [0.15, 0.2) is 0 Å². The fourth-order valence-electron chi connectivity index (χ4n) is 1.77. The molecule has 2 aromatic rings. The molecule has 5 heteroatoms. The Labute approximate surface area is 112 Å². The number of rotatable bonds is 3. The fourth-order valence-corrected chi connectivity index (χ4v) is 1.77. The van der Waals surface area contributed by atoms with E-state index < -0.39 is 0 Å². The van der Waals surface area contributed by atoms with Crippen LogP contribution < -0.4 is 10.6 Å². The van der Waals surface area contributed by atoms with Crippen molar-refractivity contribution >= 4 is 22.9 Å². The van der Waals surface area contributed by atoms with Crippen molar-refractivity contribution in [2.75, 3.05) is 5.32 Å². The average Bonchev–Trinajstić information content (AvgIpc) is 2.68. The van der Waals surface area contributed by atoms with Gasteiger partial charge in [-0.25, -0.2) is 4.98 Å². The molecule has 1 atom stereocenters. The van der Waals surface area contributed by atoms with Crippen molar-refractivity contribution in [1.82, 2.24) is 15.3 Å². The zero-order valence-corrected chi connectivity index (χ0v) is 11.7. The lowest BCUT2D eigenvalue weighted by atomic mass is 10.1. The molecule has 0 aliphatic heterocycles. The van der Waals surface area contributed by atoms with E-state index in [1.165, 1.54) is 0 Å². The van der Waals surface area contributed by atoms with Crippen LogP contribution in [-0.2, 0) is 4.79 Å². The minimum atomic E-state index is -0.347. The van der Waals surface area contributed by atoms with E-state index in [4.69, 9.17) is 0 Å². The highest BCUT2D eigenvalue weighted by Gasteiger charge is 2.19. The average molecular weight is 260 g/mol. The van der Waals surface area contributed by atoms with Gasteiger partial charge in [0.2, 0.25) is 11.9 Å². The number of carbonyl (C=O) groups excluding carboxylic acids is 1. The smallest absolute Gasteiger partial charge is 0.242 e. The second-order valence-corrected chi connectivity index (χ2v) is 5.71. The van der Waals surface area contributed by atoms with Gasteiger partial charge in [-0.2, -0.15) is 0 Å². The third kappa shape index (κ3) is 3.47. The number of nitrogens with one attached hydrogen (secondary N) is 3. The number of H-pyrrole nitrogens is 1. The number of anilines is 1. The van der Waals surface area contributed by atoms with Crippen molar-refractivity contribution in [1.29, 1.82) is 0 Å². The highest BCUT2D eigenvalue weighted by Crippen LogP contribution is 2.14. The van der Waals surface area contributed by atoms with Crippen LogP contribution in [0.5, 0.6) is 0 Å². The van der Waals surface area contributed by atoms with E-state index in [1.807, 2.05) is 52.0 Å². The molecule has 1 aromatic carbocycles. The number of fused-ring (bicyclic) bond motifs is 1. The van der Waals surface area contributed by atoms with Crippen LogP contribution in [0, 0.1) is 0 Å². The van der Waals surface area contributed by atoms with Crippen LogP contribution in [0.15, 0.2) is 24.3 Å². The number of benzene rings is 1. The third-order valence-corrected chi connectivity index (χ3v) is 2.63. The van der Waals surface area contributed by atoms with Gasteiger partial charge < -0.3 is 15.6 Å². The van der Waals surface area contributed by atoms with Gasteiger partial charge >= 0.3 is 0 Å². The summed E-state index contributed by atoms with van der Waals surface area (Å²) in [4.78, 5) is 19.5. The fraction of sp³-hybridized carbons (Fsp3) is 0.429. The molecule has 0 aliphatic rings. The number of para-hydroxylation sites is 2. The van der Waals surface area contributed by atoms with E-state index in [0.717, 1.165) is 11.0 Å². The molecule has 0 bridgehead atoms. The molecule has 3 N–H and O–H groups in total. The van der Waals surface area contributed by atoms with Crippen LogP contribution in [0.2, 0.25) is 0 Å². The van der Waals surface area contributed by atoms with Crippen LogP contribution in [0.1, 0.15) is 27.7 Å². The number of hydrogen-bond donors (Lipinski definition) is 3. The predicted molar refractivity (Wildman–Crippen MR) is 77.1 cm³/mol. The summed E-state index contributed by atoms with van der Waals surface area (Å²) in [7, 11) is 0. The summed E-state index contributed by atoms with van der Waals surface area (Å²) in [5.41, 5.74) is 1.60. The van der Waals surface area contributed by atoms with Crippen LogP contribution in [0.3, 0.4) is 0 Å². The van der Waals surface area contributed by atoms with E-state index in [9.17, 15) is 4.79 Å². The summed E-state index contributed by atoms with van der Waals surface area (Å²) in [5, 5.41) is 6.00. The molecule has 102 valence electrons. The first-order chi connectivity index (χ1) is 8.85. The SMILES string of the molecule is CC(Nc1nc2ccccc2[nH]1)C(=O)NC(C)(C)C. The third-order valence-electron chi connectivity index (χ3n) is 2.63. The van der Waals surface area contributed by atoms with Crippen molar-refractivity contribution in [3.05, 3.63) is 24.3 Å². The lowest BCUT2D eigenvalue weighted by Gasteiger charge is -2.23. The van der Waals surface area contributed by atoms with E-state index in [-0.39, 0.29) is 17.5 Å². The Morgan fingerprint density at radius 1 is 1.32 bits per heavy atom. The summed E-state index contributed by atoms with van der Waals surface area (Å²) >= 11 is 0. The number of imidazole rings is 1. The van der Waals surface area contributed by atoms with Crippen LogP contribution in [-0.4, -0.2) is 27.5 Å². The number of aromatic nitrogens is 2. The molecule has 1 heterocycles. The van der Waals surface area contributed by atoms with E-state index in [0.29, 0.717) is 5.95 Å². The lowest BCUT2D eigenvalue weighted by molar-refractivity contribution is -0.122. The normalized spacial score (nSPS) is 13.3. The van der Waals surface area contributed by atoms with Crippen LogP contribution in [0.25, 0.3) is 11.0 Å². The number of amides is 1. The van der Waals surface area contributed by atoms with Gasteiger partial charge in [-0.1, -0.05) is 12.1 Å². The molecule has 19 heavy (non-hydrogen) atoms. The Morgan fingerprint density at radius 2 is 2.00 bits per heavy atom. The van der Waals surface area contributed by atoms with Gasteiger partial charge in [0, 0.05) is 5.54 Å². The van der Waals surface area contributed by atoms with Gasteiger partial charge in [-0.05, 0) is 39.8 Å². The zero-order valence-electron chi connectivity index (χ0n) is 11.7. The first kappa shape index (κ1) is 13.4. The Balaban J connectivity index is 2.06. The summed E-state index contributed by atoms with van der Waals surface area (Å²) in [5.74, 6) is 0.561. The Morgan fingerprint density at radius 3 is 2.63 bits per heavy atom. The quantitative estimate of drug-likeness (QED) is 0.793. The molecule has 0 radical (unpaired) electrons. The first-order valence-corrected chi connectivity index (χ1v) is 6.38. The van der Waals surface area contributed by atoms with E-state index in [2.05, 4.69) is 20.6 Å². The minimum absolute atomic E-state index is 0.0482. The van der Waals surface area contributed by atoms with Gasteiger partial charge in [0.05, 0.1) is 11.0 Å². The molecule has 0 spiro atoms. The van der Waals surface area contributed by atoms with Crippen molar-refractivity contribution in [2.24, 2.45) is 0 Å². The van der Waals surface area contributed by atoms with Gasteiger partial charge in [0.1, 0.15) is 6.04 Å². The second-order valence-electron chi connectivity index (χ2n) is 5.71. The monoisotopic (exact) mass is 260 g/mol. The number of carbonyl (C=O) groups is 1. The molecule has 0 fully saturated rings. The molecule has 5 nitrogen and oxygen atoms in total. The Kier molecular flexibility index (Phi) is 3.46. The maximum Gasteiger partial charge on any atom is 0.242 e. The molecule has 0 saturated carbocycles. The Hall–Kier alpha value is -2.04. The summed E-state index contributed by atoms with van der Waals surface area (Å²) in [6, 6.07) is 7.41. The summed E-state index contributed by atoms with van der Waals surface area (Å²) < 4.78 is 0. The van der Waals surface area contributed by atoms with Crippen LogP contribution >= 0.6 is 0 Å². The van der Waals surface area contributed by atoms with Gasteiger partial charge in [-0.15, -0.1) is 0 Å². The van der Waals surface area contributed by atoms with E-state index >= 15 is 0 Å². The maximum absolute atomic E-state index is 12.0. The topological polar surface area (TPSA) is 69.8 Å². The van der Waals surface area contributed by atoms with Gasteiger partial charge in [0.25, 0.3) is 0 Å². The molecule has 1 aromatic heterocycles. The van der Waals surface area contributed by atoms with Crippen molar-refractivity contribution in [3.63, 3.8) is 0 Å². The van der Waals surface area contributed by atoms with Crippen molar-refractivity contribution < 1.29 is 4.79 Å². The second kappa shape index (κ2) is 4.91. The number of hydrogen-bond acceptors (Lipinski definition) is 3.